The monoisotopic (exact) mass is 493 g/mol. The molecule has 1 atom stereocenters. The van der Waals surface area contributed by atoms with Crippen molar-refractivity contribution in [2.75, 3.05) is 11.6 Å². The van der Waals surface area contributed by atoms with Gasteiger partial charge in [0.05, 0.1) is 5.69 Å². The summed E-state index contributed by atoms with van der Waals surface area (Å²) in [6.45, 7) is 0.511. The van der Waals surface area contributed by atoms with E-state index in [-0.39, 0.29) is 11.1 Å². The number of hydrogen-bond acceptors (Lipinski definition) is 4. The lowest BCUT2D eigenvalue weighted by Crippen LogP contribution is -2.46. The van der Waals surface area contributed by atoms with Crippen LogP contribution < -0.4 is 16.5 Å². The van der Waals surface area contributed by atoms with Crippen LogP contribution in [0.4, 0.5) is 5.95 Å². The molecule has 4 aromatic rings. The van der Waals surface area contributed by atoms with E-state index in [1.165, 1.54) is 25.9 Å². The predicted octanol–water partition coefficient (Wildman–Crippen LogP) is 4.68. The van der Waals surface area contributed by atoms with Crippen LogP contribution in [0, 0.1) is 0 Å². The van der Waals surface area contributed by atoms with Gasteiger partial charge in [0.15, 0.2) is 0 Å². The zero-order chi connectivity index (χ0) is 23.9. The highest BCUT2D eigenvalue weighted by Crippen LogP contribution is 2.42. The van der Waals surface area contributed by atoms with E-state index in [0.717, 1.165) is 19.3 Å². The molecule has 3 aromatic carbocycles. The Kier molecular flexibility index (Phi) is 5.98. The van der Waals surface area contributed by atoms with E-state index in [9.17, 15) is 4.79 Å². The minimum atomic E-state index is -0.272. The first-order valence-corrected chi connectivity index (χ1v) is 11.9. The van der Waals surface area contributed by atoms with E-state index in [1.54, 1.807) is 36.3 Å². The van der Waals surface area contributed by atoms with Gasteiger partial charge in [0.25, 0.3) is 0 Å². The maximum atomic E-state index is 13.0. The van der Waals surface area contributed by atoms with Crippen molar-refractivity contribution in [3.63, 3.8) is 0 Å². The molecule has 0 amide bonds. The van der Waals surface area contributed by atoms with E-state index >= 15 is 0 Å². The quantitative estimate of drug-likeness (QED) is 0.312. The molecule has 5 rings (SSSR count). The van der Waals surface area contributed by atoms with Crippen LogP contribution in [0.15, 0.2) is 77.6 Å². The predicted molar refractivity (Wildman–Crippen MR) is 137 cm³/mol. The molecule has 1 aliphatic carbocycles. The second-order valence-corrected chi connectivity index (χ2v) is 9.77. The molecule has 34 heavy (non-hydrogen) atoms. The van der Waals surface area contributed by atoms with Gasteiger partial charge in [-0.2, -0.15) is 4.68 Å². The molecule has 8 heteroatoms. The molecule has 0 radical (unpaired) electrons. The van der Waals surface area contributed by atoms with E-state index in [4.69, 9.17) is 29.0 Å². The van der Waals surface area contributed by atoms with Crippen molar-refractivity contribution in [3.8, 4) is 5.69 Å². The second-order valence-electron chi connectivity index (χ2n) is 8.90. The Balaban J connectivity index is 1.51. The molecule has 6 nitrogen and oxygen atoms in total. The minimum Gasteiger partial charge on any atom is -0.278 e. The molecule has 1 aromatic heterocycles. The molecular weight excluding hydrogens is 469 g/mol. The molecule has 0 saturated heterocycles. The van der Waals surface area contributed by atoms with Crippen LogP contribution in [0.2, 0.25) is 10.0 Å². The van der Waals surface area contributed by atoms with Gasteiger partial charge >= 0.3 is 5.69 Å². The summed E-state index contributed by atoms with van der Waals surface area (Å²) < 4.78 is 2.82. The van der Waals surface area contributed by atoms with Gasteiger partial charge in [-0.15, -0.1) is 5.10 Å². The first-order chi connectivity index (χ1) is 16.4. The van der Waals surface area contributed by atoms with Crippen molar-refractivity contribution in [2.24, 2.45) is 12.9 Å². The number of aryl methyl sites for hydroxylation is 1. The summed E-state index contributed by atoms with van der Waals surface area (Å²) in [6.07, 6.45) is 2.74. The van der Waals surface area contributed by atoms with E-state index in [2.05, 4.69) is 41.5 Å². The topological polar surface area (TPSA) is 69.1 Å². The lowest BCUT2D eigenvalue weighted by molar-refractivity contribution is 0.413. The standard InChI is InChI=1S/C26H25Cl2N5O/c1-31-24(30-33(25(31)34)22-12-10-21(28)11-13-22)32(29)17-26(16-18-6-8-20(27)9-7-18)15-14-19-4-2-3-5-23(19)26/h2-13H,14-17,29H2,1H3/t26-/m0/s1. The number of fused-ring (bicyclic) bond motifs is 1. The van der Waals surface area contributed by atoms with Crippen molar-refractivity contribution in [1.82, 2.24) is 14.3 Å². The summed E-state index contributed by atoms with van der Waals surface area (Å²) in [6, 6.07) is 23.5. The van der Waals surface area contributed by atoms with Crippen LogP contribution >= 0.6 is 23.2 Å². The van der Waals surface area contributed by atoms with Crippen molar-refractivity contribution in [3.05, 3.63) is 110 Å². The van der Waals surface area contributed by atoms with Gasteiger partial charge in [-0.3, -0.25) is 9.58 Å². The Morgan fingerprint density at radius 1 is 1.00 bits per heavy atom. The maximum Gasteiger partial charge on any atom is 0.351 e. The molecule has 0 bridgehead atoms. The molecule has 1 aliphatic rings. The van der Waals surface area contributed by atoms with Crippen molar-refractivity contribution in [2.45, 2.75) is 24.7 Å². The van der Waals surface area contributed by atoms with Gasteiger partial charge in [0.1, 0.15) is 0 Å². The molecule has 0 saturated carbocycles. The minimum absolute atomic E-state index is 0.223. The number of nitrogens with zero attached hydrogens (tertiary/aromatic N) is 4. The molecule has 0 fully saturated rings. The average Bonchev–Trinajstić information content (AvgIpc) is 3.34. The van der Waals surface area contributed by atoms with E-state index in [1.807, 2.05) is 12.1 Å². The normalized spacial score (nSPS) is 17.1. The Hall–Kier alpha value is -3.06. The molecule has 1 heterocycles. The number of hydrogen-bond donors (Lipinski definition) is 1. The van der Waals surface area contributed by atoms with Gasteiger partial charge in [0, 0.05) is 29.1 Å². The van der Waals surface area contributed by atoms with Crippen LogP contribution in [0.1, 0.15) is 23.1 Å². The Labute approximate surface area is 208 Å². The SMILES string of the molecule is Cn1c(N(N)C[C@@]2(Cc3ccc(Cl)cc3)CCc3ccccc32)nn(-c2ccc(Cl)cc2)c1=O. The molecule has 0 unspecified atom stereocenters. The zero-order valence-corrected chi connectivity index (χ0v) is 20.3. The highest BCUT2D eigenvalue weighted by Gasteiger charge is 2.40. The van der Waals surface area contributed by atoms with Crippen LogP contribution in [0.5, 0.6) is 0 Å². The first-order valence-electron chi connectivity index (χ1n) is 11.1. The number of halogens is 2. The largest absolute Gasteiger partial charge is 0.351 e. The third kappa shape index (κ3) is 4.13. The molecular formula is C26H25Cl2N5O. The molecule has 2 N–H and O–H groups in total. The number of hydrazine groups is 1. The zero-order valence-electron chi connectivity index (χ0n) is 18.8. The molecule has 0 aliphatic heterocycles. The van der Waals surface area contributed by atoms with Crippen LogP contribution in [-0.2, 0) is 25.3 Å². The smallest absolute Gasteiger partial charge is 0.278 e. The molecule has 0 spiro atoms. The summed E-state index contributed by atoms with van der Waals surface area (Å²) in [4.78, 5) is 13.0. The van der Waals surface area contributed by atoms with Crippen LogP contribution in [0.25, 0.3) is 5.69 Å². The van der Waals surface area contributed by atoms with E-state index in [0.29, 0.717) is 28.2 Å². The number of nitrogens with two attached hydrogens (primary N) is 1. The Morgan fingerprint density at radius 2 is 1.65 bits per heavy atom. The Morgan fingerprint density at radius 3 is 2.35 bits per heavy atom. The van der Waals surface area contributed by atoms with Crippen LogP contribution in [-0.4, -0.2) is 20.9 Å². The number of anilines is 1. The van der Waals surface area contributed by atoms with Gasteiger partial charge in [0.2, 0.25) is 5.95 Å². The lowest BCUT2D eigenvalue weighted by Gasteiger charge is -2.35. The summed E-state index contributed by atoms with van der Waals surface area (Å²) >= 11 is 12.1. The van der Waals surface area contributed by atoms with Crippen molar-refractivity contribution >= 4 is 29.2 Å². The van der Waals surface area contributed by atoms with Crippen molar-refractivity contribution < 1.29 is 0 Å². The highest BCUT2D eigenvalue weighted by molar-refractivity contribution is 6.30. The fraction of sp³-hybridized carbons (Fsp3) is 0.231. The van der Waals surface area contributed by atoms with Gasteiger partial charge < -0.3 is 0 Å². The summed E-state index contributed by atoms with van der Waals surface area (Å²) in [7, 11) is 1.69. The van der Waals surface area contributed by atoms with Gasteiger partial charge in [-0.25, -0.2) is 10.6 Å². The highest BCUT2D eigenvalue weighted by atomic mass is 35.5. The van der Waals surface area contributed by atoms with E-state index < -0.39 is 0 Å². The number of benzene rings is 3. The maximum absolute atomic E-state index is 13.0. The average molecular weight is 494 g/mol. The third-order valence-electron chi connectivity index (χ3n) is 6.68. The summed E-state index contributed by atoms with van der Waals surface area (Å²) in [5.74, 6) is 7.04. The first kappa shape index (κ1) is 22.7. The van der Waals surface area contributed by atoms with Crippen LogP contribution in [0.3, 0.4) is 0 Å². The van der Waals surface area contributed by atoms with Gasteiger partial charge in [-0.1, -0.05) is 59.6 Å². The fourth-order valence-corrected chi connectivity index (χ4v) is 5.24. The van der Waals surface area contributed by atoms with Crippen molar-refractivity contribution in [1.29, 1.82) is 0 Å². The number of aromatic nitrogens is 3. The lowest BCUT2D eigenvalue weighted by atomic mass is 9.76. The summed E-state index contributed by atoms with van der Waals surface area (Å²) in [5.41, 5.74) is 3.96. The molecule has 174 valence electrons. The van der Waals surface area contributed by atoms with Gasteiger partial charge in [-0.05, 0) is 72.4 Å². The fourth-order valence-electron chi connectivity index (χ4n) is 4.99. The Bertz CT molecular complexity index is 1380. The second kappa shape index (κ2) is 8.95. The third-order valence-corrected chi connectivity index (χ3v) is 7.18. The number of rotatable bonds is 6. The summed E-state index contributed by atoms with van der Waals surface area (Å²) in [5, 5.41) is 7.48.